The second-order valence-corrected chi connectivity index (χ2v) is 14.9. The van der Waals surface area contributed by atoms with Gasteiger partial charge in [0.15, 0.2) is 0 Å². The van der Waals surface area contributed by atoms with Crippen LogP contribution in [0.3, 0.4) is 0 Å². The summed E-state index contributed by atoms with van der Waals surface area (Å²) in [5, 5.41) is 9.87. The monoisotopic (exact) mass is 741 g/mol. The number of hydrogen-bond acceptors (Lipinski definition) is 6. The molecule has 0 saturated heterocycles. The molecule has 0 aliphatic carbocycles. The highest BCUT2D eigenvalue weighted by molar-refractivity contribution is 6.39. The van der Waals surface area contributed by atoms with Crippen LogP contribution in [0.4, 0.5) is 0 Å². The minimum atomic E-state index is -0.294. The van der Waals surface area contributed by atoms with Gasteiger partial charge in [0.25, 0.3) is 11.1 Å². The van der Waals surface area contributed by atoms with E-state index >= 15 is 0 Å². The zero-order chi connectivity index (χ0) is 36.2. The number of benzene rings is 2. The lowest BCUT2D eigenvalue weighted by molar-refractivity contribution is -0.118. The third kappa shape index (κ3) is 7.93. The lowest BCUT2D eigenvalue weighted by Gasteiger charge is -2.13. The molecule has 1 atom stereocenters. The average molecular weight is 743 g/mol. The van der Waals surface area contributed by atoms with Gasteiger partial charge in [-0.3, -0.25) is 23.5 Å². The van der Waals surface area contributed by atoms with Crippen molar-refractivity contribution in [1.82, 2.24) is 28.4 Å². The molecule has 0 fully saturated rings. The van der Waals surface area contributed by atoms with Crippen LogP contribution in [0.1, 0.15) is 46.0 Å². The van der Waals surface area contributed by atoms with E-state index in [0.29, 0.717) is 73.7 Å². The Morgan fingerprint density at radius 2 is 1.33 bits per heavy atom. The SMILES string of the molecule is CC(=O)CC[C@H](C)Cn1cnn2cc(-c3cccc(-c4cccc(-c5cc6c(=O)n(C[Si]CCCCC(N)=O)cnn6c5)c4Cl)c3Cl)cc2c1=O. The van der Waals surface area contributed by atoms with Gasteiger partial charge >= 0.3 is 0 Å². The van der Waals surface area contributed by atoms with Crippen molar-refractivity contribution in [1.29, 1.82) is 0 Å². The minimum Gasteiger partial charge on any atom is -0.370 e. The summed E-state index contributed by atoms with van der Waals surface area (Å²) in [5.74, 6) is -0.0236. The van der Waals surface area contributed by atoms with Gasteiger partial charge in [-0.25, -0.2) is 9.03 Å². The second-order valence-electron chi connectivity index (χ2n) is 12.9. The number of nitrogens with two attached hydrogens (primary N) is 1. The number of carbonyl (C=O) groups is 2. The van der Waals surface area contributed by atoms with Crippen LogP contribution in [0, 0.1) is 5.92 Å². The van der Waals surface area contributed by atoms with Gasteiger partial charge in [0.1, 0.15) is 29.5 Å². The number of aromatic nitrogens is 6. The molecule has 0 unspecified atom stereocenters. The summed E-state index contributed by atoms with van der Waals surface area (Å²) in [6, 6.07) is 15.8. The molecule has 6 rings (SSSR count). The van der Waals surface area contributed by atoms with E-state index in [9.17, 15) is 19.2 Å². The van der Waals surface area contributed by atoms with Crippen molar-refractivity contribution in [3.63, 3.8) is 0 Å². The molecule has 14 heteroatoms. The zero-order valence-corrected chi connectivity index (χ0v) is 30.8. The fraction of sp³-hybridized carbons (Fsp3) is 0.297. The van der Waals surface area contributed by atoms with Gasteiger partial charge < -0.3 is 10.5 Å². The largest absolute Gasteiger partial charge is 0.370 e. The van der Waals surface area contributed by atoms with Crippen molar-refractivity contribution in [2.45, 2.75) is 64.7 Å². The Morgan fingerprint density at radius 3 is 1.88 bits per heavy atom. The van der Waals surface area contributed by atoms with E-state index < -0.39 is 0 Å². The van der Waals surface area contributed by atoms with E-state index in [1.165, 1.54) is 6.33 Å². The van der Waals surface area contributed by atoms with Crippen LogP contribution in [0.25, 0.3) is 44.4 Å². The van der Waals surface area contributed by atoms with Gasteiger partial charge in [-0.15, -0.1) is 0 Å². The maximum absolute atomic E-state index is 13.4. The third-order valence-electron chi connectivity index (χ3n) is 8.91. The minimum absolute atomic E-state index is 0.131. The molecule has 0 saturated carbocycles. The molecular weight excluding hydrogens is 705 g/mol. The fourth-order valence-electron chi connectivity index (χ4n) is 6.14. The Labute approximate surface area is 306 Å². The van der Waals surface area contributed by atoms with E-state index in [0.717, 1.165) is 41.1 Å². The van der Waals surface area contributed by atoms with E-state index in [1.807, 2.05) is 43.3 Å². The normalized spacial score (nSPS) is 12.2. The summed E-state index contributed by atoms with van der Waals surface area (Å²) < 4.78 is 6.31. The van der Waals surface area contributed by atoms with Crippen LogP contribution in [0.2, 0.25) is 16.1 Å². The Kier molecular flexibility index (Phi) is 11.0. The number of nitrogens with zero attached hydrogens (tertiary/aromatic N) is 6. The predicted octanol–water partition coefficient (Wildman–Crippen LogP) is 6.35. The lowest BCUT2D eigenvalue weighted by atomic mass is 9.97. The molecule has 0 aliphatic rings. The van der Waals surface area contributed by atoms with Crippen molar-refractivity contribution >= 4 is 55.4 Å². The summed E-state index contributed by atoms with van der Waals surface area (Å²) in [7, 11) is 0.518. The van der Waals surface area contributed by atoms with Crippen molar-refractivity contribution in [3.05, 3.63) is 104 Å². The molecule has 4 aromatic heterocycles. The molecule has 11 nitrogen and oxygen atoms in total. The Balaban J connectivity index is 1.26. The number of hydrogen-bond donors (Lipinski definition) is 1. The van der Waals surface area contributed by atoms with Crippen LogP contribution < -0.4 is 16.9 Å². The van der Waals surface area contributed by atoms with Crippen molar-refractivity contribution in [3.8, 4) is 33.4 Å². The van der Waals surface area contributed by atoms with Gasteiger partial charge in [0, 0.05) is 71.3 Å². The quantitative estimate of drug-likeness (QED) is 0.0961. The highest BCUT2D eigenvalue weighted by atomic mass is 35.5. The Bertz CT molecular complexity index is 2380. The van der Waals surface area contributed by atoms with Gasteiger partial charge in [-0.1, -0.05) is 79.0 Å². The van der Waals surface area contributed by atoms with E-state index in [4.69, 9.17) is 28.9 Å². The molecule has 0 aliphatic heterocycles. The van der Waals surface area contributed by atoms with E-state index in [2.05, 4.69) is 10.2 Å². The molecule has 1 amide bonds. The maximum Gasteiger partial charge on any atom is 0.277 e. The number of amides is 1. The number of primary amides is 1. The van der Waals surface area contributed by atoms with Crippen LogP contribution >= 0.6 is 23.2 Å². The first-order chi connectivity index (χ1) is 24.5. The lowest BCUT2D eigenvalue weighted by Crippen LogP contribution is -2.25. The number of ketones is 1. The number of carbonyl (C=O) groups excluding carboxylic acids is 2. The highest BCUT2D eigenvalue weighted by Crippen LogP contribution is 2.42. The molecule has 4 heterocycles. The first kappa shape index (κ1) is 36.0. The zero-order valence-electron chi connectivity index (χ0n) is 28.3. The summed E-state index contributed by atoms with van der Waals surface area (Å²) >= 11 is 14.2. The second kappa shape index (κ2) is 15.6. The number of unbranched alkanes of at least 4 members (excludes halogenated alkanes) is 1. The number of fused-ring (bicyclic) bond motifs is 2. The van der Waals surface area contributed by atoms with Crippen LogP contribution in [0.5, 0.6) is 0 Å². The predicted molar refractivity (Wildman–Crippen MR) is 201 cm³/mol. The summed E-state index contributed by atoms with van der Waals surface area (Å²) in [5.41, 5.74) is 10.1. The standard InChI is InChI=1S/C37H37Cl2N7O4Si/c1-23(12-13-24(2)47)17-43-20-41-45-18-25(15-31(45)36(43)49)27-7-5-9-29(34(27)38)30-10-6-8-28(35(30)39)26-16-32-37(50)44(21-42-46(32)19-26)22-51-14-4-3-11-33(40)48/h5-10,15-16,18-21,23H,3-4,11-14,17,22H2,1-2H3,(H2,40,48)/t23-/m0/s1. The fourth-order valence-corrected chi connectivity index (χ4v) is 7.94. The average Bonchev–Trinajstić information content (AvgIpc) is 3.74. The Morgan fingerprint density at radius 1 is 0.804 bits per heavy atom. The topological polar surface area (TPSA) is 139 Å². The molecule has 2 radical (unpaired) electrons. The molecular formula is C37H37Cl2N7O4Si. The molecule has 2 N–H and O–H groups in total. The summed E-state index contributed by atoms with van der Waals surface area (Å²) in [4.78, 5) is 49.1. The molecule has 0 bridgehead atoms. The van der Waals surface area contributed by atoms with E-state index in [1.54, 1.807) is 55.9 Å². The maximum atomic E-state index is 13.4. The molecule has 6 aromatic rings. The number of rotatable bonds is 15. The van der Waals surface area contributed by atoms with Gasteiger partial charge in [0.05, 0.1) is 19.6 Å². The first-order valence-corrected chi connectivity index (χ1v) is 18.9. The Hall–Kier alpha value is -4.78. The number of halogens is 2. The van der Waals surface area contributed by atoms with Gasteiger partial charge in [-0.2, -0.15) is 10.2 Å². The smallest absolute Gasteiger partial charge is 0.277 e. The van der Waals surface area contributed by atoms with Gasteiger partial charge in [0.2, 0.25) is 5.91 Å². The number of Topliss-reactive ketones (excluding diaryl/α,β-unsaturated/α-hetero) is 1. The summed E-state index contributed by atoms with van der Waals surface area (Å²) in [6.45, 7) is 4.05. The van der Waals surface area contributed by atoms with Crippen LogP contribution in [-0.4, -0.2) is 49.6 Å². The van der Waals surface area contributed by atoms with Crippen molar-refractivity contribution in [2.75, 3.05) is 0 Å². The first-order valence-electron chi connectivity index (χ1n) is 16.7. The highest BCUT2D eigenvalue weighted by Gasteiger charge is 2.19. The van der Waals surface area contributed by atoms with Crippen molar-refractivity contribution < 1.29 is 9.59 Å². The van der Waals surface area contributed by atoms with E-state index in [-0.39, 0.29) is 28.7 Å². The molecule has 0 spiro atoms. The molecule has 2 aromatic carbocycles. The van der Waals surface area contributed by atoms with Crippen LogP contribution in [0.15, 0.2) is 83.2 Å². The third-order valence-corrected chi connectivity index (χ3v) is 11.0. The summed E-state index contributed by atoms with van der Waals surface area (Å²) in [6.07, 6.45) is 10.4. The van der Waals surface area contributed by atoms with Crippen LogP contribution in [-0.2, 0) is 22.3 Å². The molecule has 51 heavy (non-hydrogen) atoms. The van der Waals surface area contributed by atoms with Crippen molar-refractivity contribution in [2.24, 2.45) is 11.7 Å². The molecule has 262 valence electrons. The van der Waals surface area contributed by atoms with Gasteiger partial charge in [-0.05, 0) is 37.8 Å².